The lowest BCUT2D eigenvalue weighted by Crippen LogP contribution is -2.43. The molecule has 1 aliphatic rings. The maximum atomic E-state index is 13.1. The minimum Gasteiger partial charge on any atom is -0.467 e. The molecule has 0 saturated carbocycles. The van der Waals surface area contributed by atoms with E-state index in [0.717, 1.165) is 18.4 Å². The van der Waals surface area contributed by atoms with Gasteiger partial charge in [-0.15, -0.1) is 21.6 Å². The van der Waals surface area contributed by atoms with Crippen molar-refractivity contribution < 1.29 is 27.5 Å². The number of esters is 1. The molecule has 11 heteroatoms. The zero-order valence-corrected chi connectivity index (χ0v) is 15.7. The van der Waals surface area contributed by atoms with Gasteiger partial charge < -0.3 is 10.1 Å². The molecule has 0 saturated heterocycles. The Morgan fingerprint density at radius 3 is 2.45 bits per heavy atom. The third-order valence-electron chi connectivity index (χ3n) is 4.25. The second-order valence-corrected chi connectivity index (χ2v) is 7.04. The molecule has 2 heterocycles. The van der Waals surface area contributed by atoms with Gasteiger partial charge in [-0.3, -0.25) is 4.79 Å². The van der Waals surface area contributed by atoms with E-state index in [1.807, 2.05) is 6.07 Å². The highest BCUT2D eigenvalue weighted by molar-refractivity contribution is 7.10. The molecule has 7 nitrogen and oxygen atoms in total. The van der Waals surface area contributed by atoms with E-state index in [0.29, 0.717) is 10.4 Å². The van der Waals surface area contributed by atoms with Gasteiger partial charge >= 0.3 is 17.8 Å². The Balaban J connectivity index is 1.73. The SMILES string of the molecule is COC(=O)C(Cc1ccc(C2(C(F)(F)F)N=N2)cc1)NC(=O)c1csc(C#N)c1. The van der Waals surface area contributed by atoms with Crippen LogP contribution in [0.15, 0.2) is 45.9 Å². The predicted molar refractivity (Wildman–Crippen MR) is 95.0 cm³/mol. The first-order valence-electron chi connectivity index (χ1n) is 8.17. The van der Waals surface area contributed by atoms with Gasteiger partial charge in [0.25, 0.3) is 5.91 Å². The molecular formula is C18H13F3N4O3S. The number of nitriles is 1. The topological polar surface area (TPSA) is 104 Å². The lowest BCUT2D eigenvalue weighted by Gasteiger charge is -2.18. The Kier molecular flexibility index (Phi) is 5.39. The highest BCUT2D eigenvalue weighted by Crippen LogP contribution is 2.52. The highest BCUT2D eigenvalue weighted by atomic mass is 32.1. The number of nitrogens with one attached hydrogen (secondary N) is 1. The van der Waals surface area contributed by atoms with Crippen LogP contribution in [-0.2, 0) is 21.6 Å². The summed E-state index contributed by atoms with van der Waals surface area (Å²) in [6.07, 6.45) is -4.62. The zero-order valence-electron chi connectivity index (χ0n) is 14.9. The molecule has 0 fully saturated rings. The lowest BCUT2D eigenvalue weighted by atomic mass is 9.98. The fraction of sp³-hybridized carbons (Fsp3) is 0.278. The van der Waals surface area contributed by atoms with Gasteiger partial charge in [-0.1, -0.05) is 24.3 Å². The standard InChI is InChI=1S/C18H13F3N4O3S/c1-28-16(27)14(23-15(26)11-7-13(8-22)29-9-11)6-10-2-4-12(5-3-10)17(24-25-17)18(19,20)21/h2-5,7,9,14H,6H2,1H3,(H,23,26). The molecule has 1 atom stereocenters. The minimum atomic E-state index is -4.63. The third-order valence-corrected chi connectivity index (χ3v) is 5.09. The molecule has 1 aliphatic heterocycles. The van der Waals surface area contributed by atoms with E-state index in [4.69, 9.17) is 10.00 Å². The Labute approximate surface area is 166 Å². The van der Waals surface area contributed by atoms with Crippen LogP contribution in [0.3, 0.4) is 0 Å². The van der Waals surface area contributed by atoms with Crippen molar-refractivity contribution in [2.45, 2.75) is 24.3 Å². The van der Waals surface area contributed by atoms with Crippen molar-refractivity contribution in [3.05, 3.63) is 57.3 Å². The number of methoxy groups -OCH3 is 1. The van der Waals surface area contributed by atoms with E-state index >= 15 is 0 Å². The summed E-state index contributed by atoms with van der Waals surface area (Å²) in [6, 6.07) is 7.53. The van der Waals surface area contributed by atoms with Gasteiger partial charge in [0.15, 0.2) is 0 Å². The second kappa shape index (κ2) is 7.63. The van der Waals surface area contributed by atoms with Crippen molar-refractivity contribution in [1.82, 2.24) is 5.32 Å². The molecule has 0 bridgehead atoms. The molecule has 1 amide bonds. The van der Waals surface area contributed by atoms with E-state index in [9.17, 15) is 22.8 Å². The van der Waals surface area contributed by atoms with Crippen molar-refractivity contribution in [2.75, 3.05) is 7.11 Å². The molecule has 3 rings (SSSR count). The van der Waals surface area contributed by atoms with E-state index in [-0.39, 0.29) is 17.5 Å². The van der Waals surface area contributed by atoms with Crippen LogP contribution in [0.1, 0.15) is 26.4 Å². The van der Waals surface area contributed by atoms with E-state index in [1.165, 1.54) is 35.7 Å². The second-order valence-electron chi connectivity index (χ2n) is 6.13. The van der Waals surface area contributed by atoms with Crippen LogP contribution in [0.25, 0.3) is 0 Å². The monoisotopic (exact) mass is 422 g/mol. The van der Waals surface area contributed by atoms with E-state index in [2.05, 4.69) is 15.5 Å². The Hall–Kier alpha value is -3.26. The molecule has 150 valence electrons. The number of nitrogens with zero attached hydrogens (tertiary/aromatic N) is 3. The van der Waals surface area contributed by atoms with E-state index < -0.39 is 29.8 Å². The number of rotatable bonds is 6. The minimum absolute atomic E-state index is 0.00123. The zero-order chi connectivity index (χ0) is 21.2. The lowest BCUT2D eigenvalue weighted by molar-refractivity contribution is -0.166. The summed E-state index contributed by atoms with van der Waals surface area (Å²) in [5.41, 5.74) is -1.92. The van der Waals surface area contributed by atoms with Crippen LogP contribution in [0, 0.1) is 11.3 Å². The van der Waals surface area contributed by atoms with Crippen molar-refractivity contribution >= 4 is 23.2 Å². The van der Waals surface area contributed by atoms with Gasteiger partial charge in [0.2, 0.25) is 0 Å². The van der Waals surface area contributed by atoms with Gasteiger partial charge in [-0.2, -0.15) is 18.4 Å². The number of hydrogen-bond donors (Lipinski definition) is 1. The molecule has 1 unspecified atom stereocenters. The number of ether oxygens (including phenoxy) is 1. The normalized spacial score (nSPS) is 15.3. The summed E-state index contributed by atoms with van der Waals surface area (Å²) < 4.78 is 43.9. The fourth-order valence-corrected chi connectivity index (χ4v) is 3.32. The molecule has 0 radical (unpaired) electrons. The quantitative estimate of drug-likeness (QED) is 0.721. The highest BCUT2D eigenvalue weighted by Gasteiger charge is 2.65. The van der Waals surface area contributed by atoms with Crippen LogP contribution in [0.5, 0.6) is 0 Å². The molecule has 0 aliphatic carbocycles. The van der Waals surface area contributed by atoms with Gasteiger partial charge in [0.05, 0.1) is 12.7 Å². The van der Waals surface area contributed by atoms with Crippen molar-refractivity contribution in [2.24, 2.45) is 10.2 Å². The average molecular weight is 422 g/mol. The molecule has 1 N–H and O–H groups in total. The fourth-order valence-electron chi connectivity index (χ4n) is 2.64. The van der Waals surface area contributed by atoms with Crippen LogP contribution in [0.2, 0.25) is 0 Å². The summed E-state index contributed by atoms with van der Waals surface area (Å²) in [4.78, 5) is 24.7. The maximum absolute atomic E-state index is 13.1. The summed E-state index contributed by atoms with van der Waals surface area (Å²) in [5.74, 6) is -1.28. The van der Waals surface area contributed by atoms with Crippen LogP contribution in [-0.4, -0.2) is 31.2 Å². The first kappa shape index (κ1) is 20.5. The average Bonchev–Trinajstić information content (AvgIpc) is 3.38. The number of carbonyl (C=O) groups is 2. The van der Waals surface area contributed by atoms with Crippen molar-refractivity contribution in [3.63, 3.8) is 0 Å². The first-order valence-corrected chi connectivity index (χ1v) is 9.05. The number of hydrogen-bond acceptors (Lipinski definition) is 7. The molecule has 1 aromatic heterocycles. The maximum Gasteiger partial charge on any atom is 0.442 e. The summed E-state index contributed by atoms with van der Waals surface area (Å²) in [6.45, 7) is 0. The summed E-state index contributed by atoms with van der Waals surface area (Å²) in [7, 11) is 1.16. The van der Waals surface area contributed by atoms with Crippen LogP contribution in [0.4, 0.5) is 13.2 Å². The molecule has 0 spiro atoms. The molecule has 1 aromatic carbocycles. The van der Waals surface area contributed by atoms with Gasteiger partial charge in [-0.25, -0.2) is 4.79 Å². The van der Waals surface area contributed by atoms with Gasteiger partial charge in [-0.05, 0) is 11.6 Å². The largest absolute Gasteiger partial charge is 0.467 e. The van der Waals surface area contributed by atoms with Crippen molar-refractivity contribution in [1.29, 1.82) is 5.26 Å². The molecule has 29 heavy (non-hydrogen) atoms. The van der Waals surface area contributed by atoms with Crippen molar-refractivity contribution in [3.8, 4) is 6.07 Å². The Bertz CT molecular complexity index is 1000. The summed E-state index contributed by atoms with van der Waals surface area (Å²) in [5, 5.41) is 19.1. The van der Waals surface area contributed by atoms with Crippen LogP contribution >= 0.6 is 11.3 Å². The Morgan fingerprint density at radius 1 is 1.31 bits per heavy atom. The number of halogens is 3. The number of amides is 1. The first-order chi connectivity index (χ1) is 13.7. The smallest absolute Gasteiger partial charge is 0.442 e. The number of benzene rings is 1. The summed E-state index contributed by atoms with van der Waals surface area (Å²) >= 11 is 1.09. The number of thiophene rings is 1. The van der Waals surface area contributed by atoms with Gasteiger partial charge in [0.1, 0.15) is 17.0 Å². The van der Waals surface area contributed by atoms with E-state index in [1.54, 1.807) is 0 Å². The molecule has 2 aromatic rings. The third kappa shape index (κ3) is 4.12. The Morgan fingerprint density at radius 2 is 1.97 bits per heavy atom. The van der Waals surface area contributed by atoms with Crippen LogP contribution < -0.4 is 5.32 Å². The predicted octanol–water partition coefficient (Wildman–Crippen LogP) is 3.31. The number of carbonyl (C=O) groups excluding carboxylic acids is 2. The molecular weight excluding hydrogens is 409 g/mol. The number of alkyl halides is 3. The van der Waals surface area contributed by atoms with Gasteiger partial charge in [0, 0.05) is 17.4 Å².